The SMILES string of the molecule is Br[C@@H]1CCCOC1. The van der Waals surface area contributed by atoms with Gasteiger partial charge in [0.05, 0.1) is 6.61 Å². The molecule has 1 heterocycles. The summed E-state index contributed by atoms with van der Waals surface area (Å²) >= 11 is 3.46. The average Bonchev–Trinajstić information content (AvgIpc) is 1.69. The molecule has 0 N–H and O–H groups in total. The van der Waals surface area contributed by atoms with Crippen LogP contribution in [0.4, 0.5) is 0 Å². The lowest BCUT2D eigenvalue weighted by Crippen LogP contribution is -2.15. The number of ether oxygens (including phenoxy) is 1. The molecule has 1 rings (SSSR count). The van der Waals surface area contributed by atoms with E-state index in [2.05, 4.69) is 15.9 Å². The van der Waals surface area contributed by atoms with Gasteiger partial charge in [-0.2, -0.15) is 0 Å². The molecule has 1 atom stereocenters. The smallest absolute Gasteiger partial charge is 0.0591 e. The first-order valence-corrected chi connectivity index (χ1v) is 3.53. The van der Waals surface area contributed by atoms with E-state index in [-0.39, 0.29) is 0 Å². The van der Waals surface area contributed by atoms with Crippen molar-refractivity contribution in [3.05, 3.63) is 0 Å². The summed E-state index contributed by atoms with van der Waals surface area (Å²) in [7, 11) is 0. The summed E-state index contributed by atoms with van der Waals surface area (Å²) in [5.74, 6) is 0. The van der Waals surface area contributed by atoms with E-state index in [0.717, 1.165) is 13.2 Å². The Balaban J connectivity index is 2.12. The summed E-state index contributed by atoms with van der Waals surface area (Å²) in [5.41, 5.74) is 0. The fourth-order valence-corrected chi connectivity index (χ4v) is 1.21. The molecule has 7 heavy (non-hydrogen) atoms. The molecule has 1 nitrogen and oxygen atoms in total. The fraction of sp³-hybridized carbons (Fsp3) is 1.00. The van der Waals surface area contributed by atoms with Crippen LogP contribution >= 0.6 is 15.9 Å². The van der Waals surface area contributed by atoms with Crippen LogP contribution in [0, 0.1) is 0 Å². The molecule has 2 heteroatoms. The van der Waals surface area contributed by atoms with Gasteiger partial charge in [0.1, 0.15) is 0 Å². The van der Waals surface area contributed by atoms with Gasteiger partial charge in [-0.05, 0) is 12.8 Å². The molecule has 1 aliphatic heterocycles. The van der Waals surface area contributed by atoms with Crippen LogP contribution in [0.5, 0.6) is 0 Å². The molecular formula is C5H9BrO. The van der Waals surface area contributed by atoms with Crippen molar-refractivity contribution in [3.63, 3.8) is 0 Å². The molecule has 0 aromatic heterocycles. The van der Waals surface area contributed by atoms with E-state index in [1.54, 1.807) is 0 Å². The maximum Gasteiger partial charge on any atom is 0.0591 e. The molecule has 0 aromatic carbocycles. The Morgan fingerprint density at radius 1 is 1.57 bits per heavy atom. The first kappa shape index (κ1) is 5.57. The van der Waals surface area contributed by atoms with Gasteiger partial charge in [0, 0.05) is 11.4 Å². The van der Waals surface area contributed by atoms with E-state index < -0.39 is 0 Å². The average molecular weight is 165 g/mol. The zero-order valence-corrected chi connectivity index (χ0v) is 5.78. The molecule has 0 spiro atoms. The molecule has 42 valence electrons. The van der Waals surface area contributed by atoms with Gasteiger partial charge in [-0.3, -0.25) is 0 Å². The first-order valence-electron chi connectivity index (χ1n) is 2.61. The molecule has 1 fully saturated rings. The van der Waals surface area contributed by atoms with Gasteiger partial charge >= 0.3 is 0 Å². The molecule has 0 bridgehead atoms. The Kier molecular flexibility index (Phi) is 2.13. The highest BCUT2D eigenvalue weighted by Crippen LogP contribution is 2.12. The van der Waals surface area contributed by atoms with Crippen molar-refractivity contribution in [3.8, 4) is 0 Å². The Bertz CT molecular complexity index is 50.0. The number of hydrogen-bond acceptors (Lipinski definition) is 1. The highest BCUT2D eigenvalue weighted by molar-refractivity contribution is 9.09. The predicted molar refractivity (Wildman–Crippen MR) is 32.8 cm³/mol. The predicted octanol–water partition coefficient (Wildman–Crippen LogP) is 1.56. The van der Waals surface area contributed by atoms with E-state index in [0.29, 0.717) is 4.83 Å². The van der Waals surface area contributed by atoms with Crippen LogP contribution in [0.1, 0.15) is 12.8 Å². The van der Waals surface area contributed by atoms with Gasteiger partial charge in [0.25, 0.3) is 0 Å². The van der Waals surface area contributed by atoms with E-state index in [1.165, 1.54) is 12.8 Å². The minimum atomic E-state index is 0.626. The molecule has 1 aliphatic rings. The molecule has 0 unspecified atom stereocenters. The highest BCUT2D eigenvalue weighted by atomic mass is 79.9. The highest BCUT2D eigenvalue weighted by Gasteiger charge is 2.07. The summed E-state index contributed by atoms with van der Waals surface area (Å²) < 4.78 is 5.13. The topological polar surface area (TPSA) is 9.23 Å². The number of alkyl halides is 1. The number of rotatable bonds is 0. The van der Waals surface area contributed by atoms with Gasteiger partial charge in [-0.1, -0.05) is 15.9 Å². The van der Waals surface area contributed by atoms with Crippen molar-refractivity contribution in [1.29, 1.82) is 0 Å². The Morgan fingerprint density at radius 3 is 2.71 bits per heavy atom. The summed E-state index contributed by atoms with van der Waals surface area (Å²) in [6.07, 6.45) is 2.50. The lowest BCUT2D eigenvalue weighted by atomic mass is 10.2. The van der Waals surface area contributed by atoms with Crippen LogP contribution in [0.25, 0.3) is 0 Å². The Morgan fingerprint density at radius 2 is 2.43 bits per heavy atom. The van der Waals surface area contributed by atoms with Crippen molar-refractivity contribution in [2.45, 2.75) is 17.7 Å². The van der Waals surface area contributed by atoms with Gasteiger partial charge < -0.3 is 4.74 Å². The standard InChI is InChI=1S/C5H9BrO/c6-5-2-1-3-7-4-5/h5H,1-4H2/t5-/m1/s1. The van der Waals surface area contributed by atoms with Crippen molar-refractivity contribution in [1.82, 2.24) is 0 Å². The van der Waals surface area contributed by atoms with Crippen LogP contribution in [0.2, 0.25) is 0 Å². The van der Waals surface area contributed by atoms with Crippen LogP contribution in [0.3, 0.4) is 0 Å². The lowest BCUT2D eigenvalue weighted by molar-refractivity contribution is 0.103. The second-order valence-corrected chi connectivity index (χ2v) is 3.11. The fourth-order valence-electron chi connectivity index (χ4n) is 0.701. The summed E-state index contributed by atoms with van der Waals surface area (Å²) in [6.45, 7) is 1.86. The van der Waals surface area contributed by atoms with E-state index in [4.69, 9.17) is 4.74 Å². The van der Waals surface area contributed by atoms with Crippen LogP contribution in [-0.2, 0) is 4.74 Å². The van der Waals surface area contributed by atoms with Gasteiger partial charge in [-0.25, -0.2) is 0 Å². The minimum absolute atomic E-state index is 0.626. The molecule has 0 amide bonds. The molecule has 0 aliphatic carbocycles. The van der Waals surface area contributed by atoms with Crippen LogP contribution < -0.4 is 0 Å². The first-order chi connectivity index (χ1) is 3.39. The normalized spacial score (nSPS) is 33.0. The zero-order chi connectivity index (χ0) is 5.11. The zero-order valence-electron chi connectivity index (χ0n) is 4.19. The summed E-state index contributed by atoms with van der Waals surface area (Å²) in [4.78, 5) is 0.626. The van der Waals surface area contributed by atoms with Crippen molar-refractivity contribution < 1.29 is 4.74 Å². The van der Waals surface area contributed by atoms with Crippen LogP contribution in [0.15, 0.2) is 0 Å². The third-order valence-electron chi connectivity index (χ3n) is 1.10. The van der Waals surface area contributed by atoms with Gasteiger partial charge in [0.15, 0.2) is 0 Å². The Hall–Kier alpha value is 0.440. The van der Waals surface area contributed by atoms with E-state index in [1.807, 2.05) is 0 Å². The maximum absolute atomic E-state index is 5.13. The van der Waals surface area contributed by atoms with Crippen molar-refractivity contribution in [2.24, 2.45) is 0 Å². The van der Waals surface area contributed by atoms with E-state index in [9.17, 15) is 0 Å². The summed E-state index contributed by atoms with van der Waals surface area (Å²) in [5, 5.41) is 0. The largest absolute Gasteiger partial charge is 0.380 e. The van der Waals surface area contributed by atoms with Crippen LogP contribution in [-0.4, -0.2) is 18.0 Å². The van der Waals surface area contributed by atoms with Gasteiger partial charge in [-0.15, -0.1) is 0 Å². The molecule has 0 radical (unpaired) electrons. The second kappa shape index (κ2) is 2.68. The third-order valence-corrected chi connectivity index (χ3v) is 1.83. The van der Waals surface area contributed by atoms with E-state index >= 15 is 0 Å². The van der Waals surface area contributed by atoms with Gasteiger partial charge in [0.2, 0.25) is 0 Å². The van der Waals surface area contributed by atoms with Crippen molar-refractivity contribution >= 4 is 15.9 Å². The monoisotopic (exact) mass is 164 g/mol. The third kappa shape index (κ3) is 1.78. The Labute approximate surface area is 52.2 Å². The lowest BCUT2D eigenvalue weighted by Gasteiger charge is -2.15. The second-order valence-electron chi connectivity index (χ2n) is 1.81. The molecule has 0 aromatic rings. The quantitative estimate of drug-likeness (QED) is 0.495. The molecule has 0 saturated carbocycles. The minimum Gasteiger partial charge on any atom is -0.380 e. The number of hydrogen-bond donors (Lipinski definition) is 0. The maximum atomic E-state index is 5.13. The van der Waals surface area contributed by atoms with Crippen molar-refractivity contribution in [2.75, 3.05) is 13.2 Å². The molecule has 1 saturated heterocycles. The number of halogens is 1. The summed E-state index contributed by atoms with van der Waals surface area (Å²) in [6, 6.07) is 0. The molecular weight excluding hydrogens is 156 g/mol.